The molecule has 5 unspecified atom stereocenters. The lowest BCUT2D eigenvalue weighted by Gasteiger charge is -2.23. The number of rotatable bonds is 3. The number of carboxylic acid groups (broad SMARTS) is 1. The van der Waals surface area contributed by atoms with Crippen molar-refractivity contribution in [1.82, 2.24) is 10.1 Å². The summed E-state index contributed by atoms with van der Waals surface area (Å²) >= 11 is 0. The summed E-state index contributed by atoms with van der Waals surface area (Å²) in [4.78, 5) is 16.0. The van der Waals surface area contributed by atoms with Gasteiger partial charge < -0.3 is 9.63 Å². The average molecular weight is 292 g/mol. The first-order valence-electron chi connectivity index (χ1n) is 8.11. The highest BCUT2D eigenvalue weighted by molar-refractivity contribution is 5.71. The zero-order valence-corrected chi connectivity index (χ0v) is 12.8. The van der Waals surface area contributed by atoms with Crippen LogP contribution in [0.25, 0.3) is 0 Å². The maximum Gasteiger partial charge on any atom is 0.307 e. The van der Waals surface area contributed by atoms with Crippen molar-refractivity contribution in [2.45, 2.75) is 64.2 Å². The van der Waals surface area contributed by atoms with Gasteiger partial charge in [0.2, 0.25) is 5.89 Å². The highest BCUT2D eigenvalue weighted by atomic mass is 16.5. The summed E-state index contributed by atoms with van der Waals surface area (Å²) in [6.45, 7) is 4.36. The van der Waals surface area contributed by atoms with Gasteiger partial charge in [0.05, 0.1) is 11.8 Å². The largest absolute Gasteiger partial charge is 0.481 e. The van der Waals surface area contributed by atoms with Gasteiger partial charge in [0.1, 0.15) is 0 Å². The van der Waals surface area contributed by atoms with Gasteiger partial charge in [0.15, 0.2) is 5.82 Å². The highest BCUT2D eigenvalue weighted by Crippen LogP contribution is 2.43. The summed E-state index contributed by atoms with van der Waals surface area (Å²) in [6, 6.07) is 0. The minimum Gasteiger partial charge on any atom is -0.481 e. The van der Waals surface area contributed by atoms with E-state index in [1.807, 2.05) is 0 Å². The van der Waals surface area contributed by atoms with E-state index in [1.165, 1.54) is 12.8 Å². The summed E-state index contributed by atoms with van der Waals surface area (Å²) in [5.41, 5.74) is 0. The van der Waals surface area contributed by atoms with E-state index in [4.69, 9.17) is 4.52 Å². The molecular formula is C16H24N2O3. The second kappa shape index (κ2) is 5.78. The van der Waals surface area contributed by atoms with Crippen molar-refractivity contribution in [2.24, 2.45) is 17.8 Å². The van der Waals surface area contributed by atoms with Gasteiger partial charge >= 0.3 is 5.97 Å². The summed E-state index contributed by atoms with van der Waals surface area (Å²) in [6.07, 6.45) is 6.27. The summed E-state index contributed by atoms with van der Waals surface area (Å²) in [5.74, 6) is 1.60. The van der Waals surface area contributed by atoms with Crippen molar-refractivity contribution >= 4 is 5.97 Å². The molecule has 2 fully saturated rings. The van der Waals surface area contributed by atoms with E-state index >= 15 is 0 Å². The Morgan fingerprint density at radius 1 is 1.19 bits per heavy atom. The quantitative estimate of drug-likeness (QED) is 0.921. The molecule has 1 aromatic heterocycles. The number of carboxylic acids is 1. The van der Waals surface area contributed by atoms with Crippen molar-refractivity contribution in [1.29, 1.82) is 0 Å². The molecule has 0 radical (unpaired) electrons. The van der Waals surface area contributed by atoms with Gasteiger partial charge in [-0.2, -0.15) is 4.98 Å². The predicted molar refractivity (Wildman–Crippen MR) is 76.9 cm³/mol. The van der Waals surface area contributed by atoms with Gasteiger partial charge in [0, 0.05) is 5.92 Å². The molecule has 0 amide bonds. The lowest BCUT2D eigenvalue weighted by molar-refractivity contribution is -0.142. The van der Waals surface area contributed by atoms with Crippen LogP contribution in [-0.4, -0.2) is 21.2 Å². The first-order chi connectivity index (χ1) is 10.0. The number of hydrogen-bond acceptors (Lipinski definition) is 4. The predicted octanol–water partition coefficient (Wildman–Crippen LogP) is 3.58. The molecule has 5 heteroatoms. The van der Waals surface area contributed by atoms with Gasteiger partial charge in [-0.25, -0.2) is 0 Å². The van der Waals surface area contributed by atoms with Crippen molar-refractivity contribution in [2.75, 3.05) is 0 Å². The monoisotopic (exact) mass is 292 g/mol. The molecule has 0 aliphatic heterocycles. The fourth-order valence-corrected chi connectivity index (χ4v) is 4.07. The van der Waals surface area contributed by atoms with Crippen LogP contribution < -0.4 is 0 Å². The molecule has 21 heavy (non-hydrogen) atoms. The van der Waals surface area contributed by atoms with E-state index in [2.05, 4.69) is 24.0 Å². The molecule has 2 aliphatic carbocycles. The van der Waals surface area contributed by atoms with E-state index < -0.39 is 5.97 Å². The van der Waals surface area contributed by atoms with Crippen LogP contribution in [-0.2, 0) is 4.79 Å². The van der Waals surface area contributed by atoms with Crippen LogP contribution in [0, 0.1) is 17.8 Å². The van der Waals surface area contributed by atoms with Crippen LogP contribution in [0.2, 0.25) is 0 Å². The van der Waals surface area contributed by atoms with Crippen LogP contribution in [0.4, 0.5) is 0 Å². The Kier molecular flexibility index (Phi) is 4.00. The van der Waals surface area contributed by atoms with E-state index in [9.17, 15) is 9.90 Å². The Labute approximate surface area is 125 Å². The van der Waals surface area contributed by atoms with Crippen LogP contribution in [0.1, 0.15) is 75.9 Å². The minimum absolute atomic E-state index is 0.111. The molecule has 2 saturated carbocycles. The van der Waals surface area contributed by atoms with Gasteiger partial charge in [0.25, 0.3) is 0 Å². The number of hydrogen-bond donors (Lipinski definition) is 1. The van der Waals surface area contributed by atoms with Crippen molar-refractivity contribution < 1.29 is 14.4 Å². The van der Waals surface area contributed by atoms with Gasteiger partial charge in [-0.3, -0.25) is 4.79 Å². The second-order valence-corrected chi connectivity index (χ2v) is 7.09. The molecular weight excluding hydrogens is 268 g/mol. The lowest BCUT2D eigenvalue weighted by Crippen LogP contribution is -2.17. The number of carbonyl (C=O) groups is 1. The average Bonchev–Trinajstić information content (AvgIpc) is 3.04. The normalized spacial score (nSPS) is 36.8. The molecule has 2 aliphatic rings. The summed E-state index contributed by atoms with van der Waals surface area (Å²) in [7, 11) is 0. The summed E-state index contributed by atoms with van der Waals surface area (Å²) in [5, 5.41) is 13.5. The van der Waals surface area contributed by atoms with Crippen LogP contribution in [0.15, 0.2) is 4.52 Å². The fourth-order valence-electron chi connectivity index (χ4n) is 4.07. The van der Waals surface area contributed by atoms with E-state index in [0.717, 1.165) is 25.1 Å². The van der Waals surface area contributed by atoms with Crippen LogP contribution in [0.3, 0.4) is 0 Å². The lowest BCUT2D eigenvalue weighted by atomic mass is 9.82. The Hall–Kier alpha value is -1.39. The molecule has 3 rings (SSSR count). The molecule has 1 aromatic rings. The molecule has 0 aromatic carbocycles. The van der Waals surface area contributed by atoms with Crippen LogP contribution in [0.5, 0.6) is 0 Å². The van der Waals surface area contributed by atoms with E-state index in [1.54, 1.807) is 0 Å². The Balaban J connectivity index is 1.76. The molecule has 5 nitrogen and oxygen atoms in total. The summed E-state index contributed by atoms with van der Waals surface area (Å²) < 4.78 is 5.44. The van der Waals surface area contributed by atoms with Crippen LogP contribution >= 0.6 is 0 Å². The van der Waals surface area contributed by atoms with Gasteiger partial charge in [-0.1, -0.05) is 31.8 Å². The third-order valence-corrected chi connectivity index (χ3v) is 5.19. The molecule has 116 valence electrons. The van der Waals surface area contributed by atoms with E-state index in [0.29, 0.717) is 30.1 Å². The number of aromatic nitrogens is 2. The molecule has 0 saturated heterocycles. The first kappa shape index (κ1) is 14.5. The topological polar surface area (TPSA) is 76.2 Å². The van der Waals surface area contributed by atoms with Crippen molar-refractivity contribution in [3.8, 4) is 0 Å². The van der Waals surface area contributed by atoms with Gasteiger partial charge in [-0.05, 0) is 37.5 Å². The maximum absolute atomic E-state index is 11.4. The smallest absolute Gasteiger partial charge is 0.307 e. The Morgan fingerprint density at radius 2 is 2.00 bits per heavy atom. The number of aliphatic carboxylic acids is 1. The molecule has 1 heterocycles. The van der Waals surface area contributed by atoms with Crippen molar-refractivity contribution in [3.63, 3.8) is 0 Å². The fraction of sp³-hybridized carbons (Fsp3) is 0.812. The number of nitrogens with zero attached hydrogens (tertiary/aromatic N) is 2. The molecule has 0 bridgehead atoms. The van der Waals surface area contributed by atoms with E-state index in [-0.39, 0.29) is 11.8 Å². The Bertz CT molecular complexity index is 513. The zero-order valence-electron chi connectivity index (χ0n) is 12.8. The zero-order chi connectivity index (χ0) is 15.0. The Morgan fingerprint density at radius 3 is 2.71 bits per heavy atom. The molecule has 0 spiro atoms. The SMILES string of the molecule is CC1CCCC(c2noc(C3CC(C)CC3C(=O)O)n2)C1. The maximum atomic E-state index is 11.4. The van der Waals surface area contributed by atoms with Crippen molar-refractivity contribution in [3.05, 3.63) is 11.7 Å². The molecule has 5 atom stereocenters. The van der Waals surface area contributed by atoms with Gasteiger partial charge in [-0.15, -0.1) is 0 Å². The standard InChI is InChI=1S/C16H24N2O3/c1-9-4-3-5-11(6-9)14-17-15(21-18-14)12-7-10(2)8-13(12)16(19)20/h9-13H,3-8H2,1-2H3,(H,19,20). The third-order valence-electron chi connectivity index (χ3n) is 5.19. The second-order valence-electron chi connectivity index (χ2n) is 7.09. The first-order valence-corrected chi connectivity index (χ1v) is 8.11. The molecule has 1 N–H and O–H groups in total. The minimum atomic E-state index is -0.740. The highest BCUT2D eigenvalue weighted by Gasteiger charge is 2.41. The third kappa shape index (κ3) is 2.97.